The number of benzene rings is 4. The summed E-state index contributed by atoms with van der Waals surface area (Å²) in [5.74, 6) is 0.348. The van der Waals surface area contributed by atoms with Gasteiger partial charge in [0.2, 0.25) is 0 Å². The summed E-state index contributed by atoms with van der Waals surface area (Å²) in [6.45, 7) is 0. The Morgan fingerprint density at radius 2 is 0.647 bits per heavy atom. The minimum Gasteiger partial charge on any atom is -0.0843 e. The molecular weight excluding hydrogens is 502 g/mol. The van der Waals surface area contributed by atoms with Crippen molar-refractivity contribution in [3.05, 3.63) is 151 Å². The Hall–Kier alpha value is -2.48. The maximum absolute atomic E-state index is 6.21. The van der Waals surface area contributed by atoms with Crippen molar-refractivity contribution in [3.63, 3.8) is 0 Å². The molecule has 4 aromatic rings. The fraction of sp³-hybridized carbons (Fsp3) is 0.0667. The standard InChI is InChI=1S/C30H20Cl4/c31-23-9-1-19(2-10-23)17-27-28(18-20-3-11-24(32)12-4-20)30(22-7-15-26(34)16-8-22)29(27)21-5-13-25(33)14-6-21/h1-18,29-30H/b27-17+,28-18+/t29-,30-/m0/s1. The first kappa shape index (κ1) is 23.3. The molecule has 34 heavy (non-hydrogen) atoms. The Kier molecular flexibility index (Phi) is 6.86. The molecular formula is C30H20Cl4. The summed E-state index contributed by atoms with van der Waals surface area (Å²) in [6, 6.07) is 32.1. The van der Waals surface area contributed by atoms with E-state index in [1.807, 2.05) is 72.8 Å². The van der Waals surface area contributed by atoms with E-state index in [2.05, 4.69) is 36.4 Å². The lowest BCUT2D eigenvalue weighted by Gasteiger charge is -2.44. The Bertz CT molecular complexity index is 1240. The fourth-order valence-corrected chi connectivity index (χ4v) is 5.03. The monoisotopic (exact) mass is 520 g/mol. The molecule has 168 valence electrons. The van der Waals surface area contributed by atoms with Crippen LogP contribution in [0.1, 0.15) is 34.1 Å². The van der Waals surface area contributed by atoms with Crippen molar-refractivity contribution in [1.29, 1.82) is 0 Å². The zero-order valence-electron chi connectivity index (χ0n) is 18.1. The molecule has 0 radical (unpaired) electrons. The number of rotatable bonds is 4. The quantitative estimate of drug-likeness (QED) is 0.250. The predicted molar refractivity (Wildman–Crippen MR) is 147 cm³/mol. The zero-order chi connectivity index (χ0) is 23.7. The number of hydrogen-bond donors (Lipinski definition) is 0. The van der Waals surface area contributed by atoms with E-state index in [0.29, 0.717) is 0 Å². The number of hydrogen-bond acceptors (Lipinski definition) is 0. The van der Waals surface area contributed by atoms with E-state index in [1.165, 1.54) is 22.3 Å². The third-order valence-corrected chi connectivity index (χ3v) is 7.19. The van der Waals surface area contributed by atoms with Crippen LogP contribution in [0.5, 0.6) is 0 Å². The van der Waals surface area contributed by atoms with Crippen LogP contribution in [0, 0.1) is 0 Å². The molecule has 0 saturated heterocycles. The highest BCUT2D eigenvalue weighted by Gasteiger charge is 2.42. The highest BCUT2D eigenvalue weighted by molar-refractivity contribution is 6.31. The minimum absolute atomic E-state index is 0.174. The van der Waals surface area contributed by atoms with Gasteiger partial charge in [0.1, 0.15) is 0 Å². The molecule has 0 spiro atoms. The van der Waals surface area contributed by atoms with E-state index in [0.717, 1.165) is 31.2 Å². The molecule has 0 aliphatic heterocycles. The summed E-state index contributed by atoms with van der Waals surface area (Å²) in [7, 11) is 0. The maximum atomic E-state index is 6.21. The summed E-state index contributed by atoms with van der Waals surface area (Å²) < 4.78 is 0. The van der Waals surface area contributed by atoms with Crippen molar-refractivity contribution in [2.75, 3.05) is 0 Å². The Morgan fingerprint density at radius 3 is 0.941 bits per heavy atom. The second kappa shape index (κ2) is 10.0. The highest BCUT2D eigenvalue weighted by atomic mass is 35.5. The van der Waals surface area contributed by atoms with Gasteiger partial charge in [-0.25, -0.2) is 0 Å². The summed E-state index contributed by atoms with van der Waals surface area (Å²) in [4.78, 5) is 0. The van der Waals surface area contributed by atoms with Crippen molar-refractivity contribution in [2.45, 2.75) is 11.8 Å². The smallest absolute Gasteiger partial charge is 0.0406 e. The van der Waals surface area contributed by atoms with Gasteiger partial charge in [0.05, 0.1) is 0 Å². The molecule has 1 aliphatic carbocycles. The lowest BCUT2D eigenvalue weighted by Crippen LogP contribution is -2.28. The van der Waals surface area contributed by atoms with E-state index >= 15 is 0 Å². The first-order chi connectivity index (χ1) is 16.5. The third kappa shape index (κ3) is 4.97. The first-order valence-electron chi connectivity index (χ1n) is 10.9. The summed E-state index contributed by atoms with van der Waals surface area (Å²) in [5, 5.41) is 2.90. The van der Waals surface area contributed by atoms with Gasteiger partial charge in [-0.2, -0.15) is 0 Å². The maximum Gasteiger partial charge on any atom is 0.0406 e. The van der Waals surface area contributed by atoms with Crippen LogP contribution >= 0.6 is 46.4 Å². The van der Waals surface area contributed by atoms with E-state index in [4.69, 9.17) is 46.4 Å². The predicted octanol–water partition coefficient (Wildman–Crippen LogP) is 10.3. The highest BCUT2D eigenvalue weighted by Crippen LogP contribution is 2.58. The van der Waals surface area contributed by atoms with Crippen LogP contribution in [0.4, 0.5) is 0 Å². The fourth-order valence-electron chi connectivity index (χ4n) is 4.53. The van der Waals surface area contributed by atoms with Crippen LogP contribution in [0.25, 0.3) is 12.2 Å². The van der Waals surface area contributed by atoms with Crippen molar-refractivity contribution in [3.8, 4) is 0 Å². The molecule has 4 heteroatoms. The average Bonchev–Trinajstić information content (AvgIpc) is 2.84. The van der Waals surface area contributed by atoms with Gasteiger partial charge in [0, 0.05) is 31.9 Å². The van der Waals surface area contributed by atoms with Crippen LogP contribution in [-0.2, 0) is 0 Å². The third-order valence-electron chi connectivity index (χ3n) is 6.18. The van der Waals surface area contributed by atoms with Crippen molar-refractivity contribution < 1.29 is 0 Å². The second-order valence-corrected chi connectivity index (χ2v) is 10.1. The van der Waals surface area contributed by atoms with Gasteiger partial charge in [0.25, 0.3) is 0 Å². The molecule has 1 saturated carbocycles. The van der Waals surface area contributed by atoms with Crippen molar-refractivity contribution in [1.82, 2.24) is 0 Å². The molecule has 4 aromatic carbocycles. The minimum atomic E-state index is 0.174. The molecule has 0 unspecified atom stereocenters. The molecule has 0 heterocycles. The van der Waals surface area contributed by atoms with E-state index < -0.39 is 0 Å². The summed E-state index contributed by atoms with van der Waals surface area (Å²) >= 11 is 24.7. The SMILES string of the molecule is Clc1ccc(/C=C2\C(=C/c3ccc(Cl)cc3)[C@H](c3ccc(Cl)cc3)[C@H]2c2ccc(Cl)cc2)cc1. The number of allylic oxidation sites excluding steroid dienone is 2. The van der Waals surface area contributed by atoms with Crippen LogP contribution < -0.4 is 0 Å². The van der Waals surface area contributed by atoms with Gasteiger partial charge < -0.3 is 0 Å². The van der Waals surface area contributed by atoms with Gasteiger partial charge in [-0.1, -0.05) is 107 Å². The molecule has 5 rings (SSSR count). The molecule has 0 amide bonds. The van der Waals surface area contributed by atoms with Crippen molar-refractivity contribution >= 4 is 58.6 Å². The molecule has 1 fully saturated rings. The molecule has 0 nitrogen and oxygen atoms in total. The lowest BCUT2D eigenvalue weighted by atomic mass is 9.59. The van der Waals surface area contributed by atoms with Crippen LogP contribution in [0.3, 0.4) is 0 Å². The van der Waals surface area contributed by atoms with Crippen LogP contribution in [0.15, 0.2) is 108 Å². The second-order valence-electron chi connectivity index (χ2n) is 8.36. The molecule has 0 aromatic heterocycles. The Labute approximate surface area is 220 Å². The summed E-state index contributed by atoms with van der Waals surface area (Å²) in [6.07, 6.45) is 4.51. The summed E-state index contributed by atoms with van der Waals surface area (Å²) in [5.41, 5.74) is 7.18. The molecule has 2 atom stereocenters. The Morgan fingerprint density at radius 1 is 0.382 bits per heavy atom. The molecule has 0 N–H and O–H groups in total. The van der Waals surface area contributed by atoms with Gasteiger partial charge in [-0.15, -0.1) is 0 Å². The number of halogens is 4. The Balaban J connectivity index is 1.68. The normalized spacial score (nSPS) is 19.9. The first-order valence-corrected chi connectivity index (χ1v) is 12.4. The molecule has 1 aliphatic rings. The lowest BCUT2D eigenvalue weighted by molar-refractivity contribution is 0.596. The zero-order valence-corrected chi connectivity index (χ0v) is 21.1. The topological polar surface area (TPSA) is 0 Å². The van der Waals surface area contributed by atoms with Crippen LogP contribution in [-0.4, -0.2) is 0 Å². The molecule has 0 bridgehead atoms. The van der Waals surface area contributed by atoms with Crippen LogP contribution in [0.2, 0.25) is 20.1 Å². The average molecular weight is 522 g/mol. The van der Waals surface area contributed by atoms with E-state index in [-0.39, 0.29) is 11.8 Å². The van der Waals surface area contributed by atoms with E-state index in [1.54, 1.807) is 0 Å². The van der Waals surface area contributed by atoms with E-state index in [9.17, 15) is 0 Å². The van der Waals surface area contributed by atoms with Gasteiger partial charge in [0.15, 0.2) is 0 Å². The van der Waals surface area contributed by atoms with Gasteiger partial charge in [-0.3, -0.25) is 0 Å². The largest absolute Gasteiger partial charge is 0.0843 e. The van der Waals surface area contributed by atoms with Gasteiger partial charge >= 0.3 is 0 Å². The van der Waals surface area contributed by atoms with Gasteiger partial charge in [-0.05, 0) is 81.9 Å². The van der Waals surface area contributed by atoms with Crippen molar-refractivity contribution in [2.24, 2.45) is 0 Å².